The number of rotatable bonds is 9. The second-order valence-corrected chi connectivity index (χ2v) is 8.38. The minimum atomic E-state index is -0.560. The van der Waals surface area contributed by atoms with Crippen LogP contribution in [0, 0.1) is 5.41 Å². The number of halogens is 1. The Hall–Kier alpha value is -3.76. The number of nitrogens with one attached hydrogen (secondary N) is 3. The molecule has 2 aromatic carbocycles. The van der Waals surface area contributed by atoms with Gasteiger partial charge in [-0.25, -0.2) is 0 Å². The Morgan fingerprint density at radius 1 is 1.33 bits per heavy atom. The number of hydrogen-bond acceptors (Lipinski definition) is 8. The Morgan fingerprint density at radius 2 is 2.06 bits per heavy atom. The van der Waals surface area contributed by atoms with Crippen LogP contribution in [0.5, 0.6) is 23.0 Å². The van der Waals surface area contributed by atoms with E-state index in [2.05, 4.69) is 10.6 Å². The summed E-state index contributed by atoms with van der Waals surface area (Å²) < 4.78 is 17.6. The fourth-order valence-electron chi connectivity index (χ4n) is 3.31. The van der Waals surface area contributed by atoms with Gasteiger partial charge in [0.05, 0.1) is 12.2 Å². The molecule has 1 heterocycles. The number of nitrogens with zero attached hydrogens (tertiary/aromatic N) is 1. The number of carbonyl (C=O) groups is 2. The largest absolute Gasteiger partial charge is 0.488 e. The first kappa shape index (κ1) is 26.8. The summed E-state index contributed by atoms with van der Waals surface area (Å²) in [6.07, 6.45) is 2.44. The van der Waals surface area contributed by atoms with Crippen molar-refractivity contribution in [1.82, 2.24) is 15.5 Å². The highest BCUT2D eigenvalue weighted by molar-refractivity contribution is 6.34. The SMILES string of the molecule is CC[C@@H](CO)Oc1cc(Oc2ccc3c(c2Cl)OC(C)N(C)C3=O)cc(C(=O)NC(=N)/C=C\NC)c1. The van der Waals surface area contributed by atoms with Gasteiger partial charge in [-0.05, 0) is 49.9 Å². The normalized spacial score (nSPS) is 15.7. The van der Waals surface area contributed by atoms with Gasteiger partial charge in [-0.1, -0.05) is 18.5 Å². The molecule has 3 rings (SSSR count). The second-order valence-electron chi connectivity index (χ2n) is 8.00. The summed E-state index contributed by atoms with van der Waals surface area (Å²) in [7, 11) is 3.31. The van der Waals surface area contributed by atoms with E-state index in [-0.39, 0.29) is 51.9 Å². The lowest BCUT2D eigenvalue weighted by Gasteiger charge is -2.32. The summed E-state index contributed by atoms with van der Waals surface area (Å²) in [6.45, 7) is 3.37. The van der Waals surface area contributed by atoms with Crippen molar-refractivity contribution in [3.05, 3.63) is 58.8 Å². The minimum absolute atomic E-state index is 0.110. The van der Waals surface area contributed by atoms with E-state index in [1.54, 1.807) is 39.2 Å². The van der Waals surface area contributed by atoms with Gasteiger partial charge in [0.2, 0.25) is 0 Å². The fraction of sp³-hybridized carbons (Fsp3) is 0.320. The summed E-state index contributed by atoms with van der Waals surface area (Å²) in [5.74, 6) is 0.0204. The average Bonchev–Trinajstić information content (AvgIpc) is 2.86. The van der Waals surface area contributed by atoms with Crippen molar-refractivity contribution in [1.29, 1.82) is 5.41 Å². The van der Waals surface area contributed by atoms with Crippen molar-refractivity contribution in [2.75, 3.05) is 20.7 Å². The molecule has 0 radical (unpaired) electrons. The molecule has 1 aliphatic rings. The number of amides is 2. The van der Waals surface area contributed by atoms with Crippen LogP contribution >= 0.6 is 11.6 Å². The molecule has 0 spiro atoms. The molecular weight excluding hydrogens is 488 g/mol. The van der Waals surface area contributed by atoms with Gasteiger partial charge in [-0.3, -0.25) is 15.0 Å². The van der Waals surface area contributed by atoms with Gasteiger partial charge < -0.3 is 34.9 Å². The van der Waals surface area contributed by atoms with Gasteiger partial charge in [0.15, 0.2) is 12.0 Å². The zero-order chi connectivity index (χ0) is 26.4. The number of hydrogen-bond donors (Lipinski definition) is 4. The lowest BCUT2D eigenvalue weighted by atomic mass is 10.1. The van der Waals surface area contributed by atoms with Crippen LogP contribution in [0.25, 0.3) is 0 Å². The van der Waals surface area contributed by atoms with Crippen molar-refractivity contribution in [3.8, 4) is 23.0 Å². The maximum Gasteiger partial charge on any atom is 0.260 e. The van der Waals surface area contributed by atoms with E-state index < -0.39 is 18.2 Å². The van der Waals surface area contributed by atoms with Crippen molar-refractivity contribution in [2.45, 2.75) is 32.6 Å². The lowest BCUT2D eigenvalue weighted by molar-refractivity contribution is 0.0293. The molecule has 0 saturated carbocycles. The van der Waals surface area contributed by atoms with E-state index in [0.717, 1.165) is 0 Å². The van der Waals surface area contributed by atoms with Gasteiger partial charge >= 0.3 is 0 Å². The van der Waals surface area contributed by atoms with E-state index in [0.29, 0.717) is 12.0 Å². The number of benzene rings is 2. The van der Waals surface area contributed by atoms with E-state index in [4.69, 9.17) is 31.2 Å². The molecule has 0 aliphatic carbocycles. The van der Waals surface area contributed by atoms with Crippen molar-refractivity contribution < 1.29 is 28.9 Å². The Bertz CT molecular complexity index is 1180. The summed E-state index contributed by atoms with van der Waals surface area (Å²) in [5, 5.41) is 22.7. The lowest BCUT2D eigenvalue weighted by Crippen LogP contribution is -2.42. The Balaban J connectivity index is 1.96. The number of ether oxygens (including phenoxy) is 3. The number of aliphatic hydroxyl groups is 1. The van der Waals surface area contributed by atoms with Crippen molar-refractivity contribution in [3.63, 3.8) is 0 Å². The maximum absolute atomic E-state index is 12.8. The topological polar surface area (TPSA) is 133 Å². The van der Waals surface area contributed by atoms with Crippen LogP contribution in [-0.2, 0) is 0 Å². The predicted molar refractivity (Wildman–Crippen MR) is 135 cm³/mol. The third-order valence-electron chi connectivity index (χ3n) is 5.44. The second kappa shape index (κ2) is 11.8. The highest BCUT2D eigenvalue weighted by Gasteiger charge is 2.31. The molecule has 0 bridgehead atoms. The summed E-state index contributed by atoms with van der Waals surface area (Å²) in [4.78, 5) is 26.8. The van der Waals surface area contributed by atoms with E-state index in [9.17, 15) is 14.7 Å². The number of fused-ring (bicyclic) bond motifs is 1. The molecule has 2 atom stereocenters. The monoisotopic (exact) mass is 516 g/mol. The predicted octanol–water partition coefficient (Wildman–Crippen LogP) is 3.53. The number of carbonyl (C=O) groups excluding carboxylic acids is 2. The molecule has 4 N–H and O–H groups in total. The van der Waals surface area contributed by atoms with E-state index in [1.165, 1.54) is 29.3 Å². The molecular formula is C25H29ClN4O6. The molecule has 36 heavy (non-hydrogen) atoms. The molecule has 1 unspecified atom stereocenters. The van der Waals surface area contributed by atoms with Crippen molar-refractivity contribution >= 4 is 29.3 Å². The van der Waals surface area contributed by atoms with Crippen molar-refractivity contribution in [2.24, 2.45) is 0 Å². The minimum Gasteiger partial charge on any atom is -0.488 e. The van der Waals surface area contributed by atoms with Gasteiger partial charge in [-0.15, -0.1) is 0 Å². The van der Waals surface area contributed by atoms with E-state index in [1.807, 2.05) is 6.92 Å². The first-order chi connectivity index (χ1) is 17.2. The van der Waals surface area contributed by atoms with Gasteiger partial charge in [-0.2, -0.15) is 0 Å². The van der Waals surface area contributed by atoms with E-state index >= 15 is 0 Å². The van der Waals surface area contributed by atoms with Crippen LogP contribution in [0.1, 0.15) is 41.0 Å². The first-order valence-corrected chi connectivity index (χ1v) is 11.7. The third-order valence-corrected chi connectivity index (χ3v) is 5.80. The van der Waals surface area contributed by atoms with Crippen LogP contribution in [-0.4, -0.2) is 60.7 Å². The number of aliphatic hydroxyl groups excluding tert-OH is 1. The molecule has 0 fully saturated rings. The zero-order valence-electron chi connectivity index (χ0n) is 20.4. The Kier molecular flexibility index (Phi) is 8.78. The van der Waals surface area contributed by atoms with Crippen LogP contribution < -0.4 is 24.8 Å². The summed E-state index contributed by atoms with van der Waals surface area (Å²) in [6, 6.07) is 7.61. The smallest absolute Gasteiger partial charge is 0.260 e. The van der Waals surface area contributed by atoms with Gasteiger partial charge in [0.1, 0.15) is 34.2 Å². The Morgan fingerprint density at radius 3 is 2.72 bits per heavy atom. The molecule has 11 heteroatoms. The summed E-state index contributed by atoms with van der Waals surface area (Å²) in [5.41, 5.74) is 0.473. The van der Waals surface area contributed by atoms with Crippen LogP contribution in [0.3, 0.4) is 0 Å². The first-order valence-electron chi connectivity index (χ1n) is 11.3. The average molecular weight is 517 g/mol. The van der Waals surface area contributed by atoms with Gasteiger partial charge in [0, 0.05) is 25.7 Å². The van der Waals surface area contributed by atoms with Crippen LogP contribution in [0.2, 0.25) is 5.02 Å². The quantitative estimate of drug-likeness (QED) is 0.296. The molecule has 1 aliphatic heterocycles. The Labute approximate surface area is 214 Å². The number of amidine groups is 1. The van der Waals surface area contributed by atoms with Crippen LogP contribution in [0.4, 0.5) is 0 Å². The third kappa shape index (κ3) is 6.07. The standard InChI is InChI=1S/C25H29ClN4O6/c1-5-16(13-31)35-17-10-15(24(32)29-21(27)8-9-28-3)11-18(12-17)36-20-7-6-19-23(22(20)26)34-14(2)30(4)25(19)33/h6-12,14,16,28,31H,5,13H2,1-4H3,(H2,27,29,32)/b9-8-/t14?,16-/m0/s1. The molecule has 0 aromatic heterocycles. The molecule has 10 nitrogen and oxygen atoms in total. The summed E-state index contributed by atoms with van der Waals surface area (Å²) >= 11 is 6.54. The molecule has 0 saturated heterocycles. The highest BCUT2D eigenvalue weighted by Crippen LogP contribution is 2.42. The maximum atomic E-state index is 12.8. The van der Waals surface area contributed by atoms with Gasteiger partial charge in [0.25, 0.3) is 11.8 Å². The highest BCUT2D eigenvalue weighted by atomic mass is 35.5. The van der Waals surface area contributed by atoms with Crippen LogP contribution in [0.15, 0.2) is 42.6 Å². The molecule has 2 aromatic rings. The zero-order valence-corrected chi connectivity index (χ0v) is 21.2. The molecule has 192 valence electrons. The molecule has 2 amide bonds. The fourth-order valence-corrected chi connectivity index (χ4v) is 3.55.